The summed E-state index contributed by atoms with van der Waals surface area (Å²) in [6.45, 7) is 1.45. The van der Waals surface area contributed by atoms with Crippen LogP contribution in [0.25, 0.3) is 0 Å². The lowest BCUT2D eigenvalue weighted by Crippen LogP contribution is -2.35. The molecule has 2 atom stereocenters. The lowest BCUT2D eigenvalue weighted by molar-refractivity contribution is -0.132. The van der Waals surface area contributed by atoms with Crippen LogP contribution in [0.5, 0.6) is 0 Å². The summed E-state index contributed by atoms with van der Waals surface area (Å²) in [4.78, 5) is 14.6. The Morgan fingerprint density at radius 3 is 2.52 bits per heavy atom. The van der Waals surface area contributed by atoms with Crippen molar-refractivity contribution in [1.82, 2.24) is 10.2 Å². The Bertz CT molecular complexity index is 481. The summed E-state index contributed by atoms with van der Waals surface area (Å²) >= 11 is 1.62. The van der Waals surface area contributed by atoms with Gasteiger partial charge in [0.05, 0.1) is 12.6 Å². The molecule has 0 bridgehead atoms. The lowest BCUT2D eigenvalue weighted by atomic mass is 10.1. The van der Waals surface area contributed by atoms with E-state index in [4.69, 9.17) is 0 Å². The van der Waals surface area contributed by atoms with Gasteiger partial charge in [-0.05, 0) is 30.4 Å². The molecule has 1 aromatic carbocycles. The molecular weight excluding hydrogens is 294 g/mol. The van der Waals surface area contributed by atoms with Crippen molar-refractivity contribution in [1.29, 1.82) is 0 Å². The van der Waals surface area contributed by atoms with Crippen molar-refractivity contribution in [2.45, 2.75) is 43.3 Å². The Morgan fingerprint density at radius 1 is 1.33 bits per heavy atom. The molecule has 1 fully saturated rings. The fourth-order valence-electron chi connectivity index (χ4n) is 2.58. The second kappa shape index (κ2) is 7.22. The molecule has 1 aliphatic heterocycles. The molecule has 0 spiro atoms. The summed E-state index contributed by atoms with van der Waals surface area (Å²) in [7, 11) is 0. The van der Waals surface area contributed by atoms with Crippen LogP contribution in [0.3, 0.4) is 0 Å². The monoisotopic (exact) mass is 314 g/mol. The maximum atomic E-state index is 12.8. The van der Waals surface area contributed by atoms with Gasteiger partial charge in [-0.1, -0.05) is 25.5 Å². The number of carbonyl (C=O) groups excluding carboxylic acids is 1. The first-order valence-electron chi connectivity index (χ1n) is 7.05. The van der Waals surface area contributed by atoms with Gasteiger partial charge in [0.15, 0.2) is 0 Å². The fourth-order valence-corrected chi connectivity index (χ4v) is 2.99. The minimum atomic E-state index is -2.52. The Morgan fingerprint density at radius 2 is 2.00 bits per heavy atom. The van der Waals surface area contributed by atoms with Crippen molar-refractivity contribution in [3.05, 3.63) is 29.8 Å². The Hall–Kier alpha value is -1.14. The standard InChI is InChI=1S/C15H20F2N2OS/c1-3-4-12-15(20)19(9-13(16)17)14(18-12)10-5-7-11(21-2)8-6-10/h5-8,12-14,18H,3-4,9H2,1-2H3. The van der Waals surface area contributed by atoms with Gasteiger partial charge in [-0.2, -0.15) is 0 Å². The third-order valence-electron chi connectivity index (χ3n) is 3.60. The maximum Gasteiger partial charge on any atom is 0.255 e. The maximum absolute atomic E-state index is 12.8. The number of amides is 1. The molecule has 1 aromatic rings. The number of alkyl halides is 2. The number of hydrogen-bond donors (Lipinski definition) is 1. The number of nitrogens with one attached hydrogen (secondary N) is 1. The highest BCUT2D eigenvalue weighted by Crippen LogP contribution is 2.29. The third-order valence-corrected chi connectivity index (χ3v) is 4.34. The van der Waals surface area contributed by atoms with E-state index in [1.165, 1.54) is 4.90 Å². The van der Waals surface area contributed by atoms with Crippen LogP contribution in [0.15, 0.2) is 29.2 Å². The van der Waals surface area contributed by atoms with E-state index >= 15 is 0 Å². The molecule has 1 N–H and O–H groups in total. The van der Waals surface area contributed by atoms with E-state index in [2.05, 4.69) is 5.32 Å². The van der Waals surface area contributed by atoms with Gasteiger partial charge >= 0.3 is 0 Å². The van der Waals surface area contributed by atoms with Crippen LogP contribution in [0.2, 0.25) is 0 Å². The van der Waals surface area contributed by atoms with Crippen LogP contribution in [0, 0.1) is 0 Å². The third kappa shape index (κ3) is 3.74. The predicted octanol–water partition coefficient (Wildman–Crippen LogP) is 3.27. The summed E-state index contributed by atoms with van der Waals surface area (Å²) in [5.41, 5.74) is 0.848. The highest BCUT2D eigenvalue weighted by Gasteiger charge is 2.40. The average molecular weight is 314 g/mol. The lowest BCUT2D eigenvalue weighted by Gasteiger charge is -2.24. The number of hydrogen-bond acceptors (Lipinski definition) is 3. The van der Waals surface area contributed by atoms with Crippen LogP contribution < -0.4 is 5.32 Å². The topological polar surface area (TPSA) is 32.3 Å². The SMILES string of the molecule is CCCC1NC(c2ccc(SC)cc2)N(CC(F)F)C1=O. The number of nitrogens with zero attached hydrogens (tertiary/aromatic N) is 1. The van der Waals surface area contributed by atoms with Gasteiger partial charge in [-0.25, -0.2) is 8.78 Å². The molecule has 1 heterocycles. The molecule has 116 valence electrons. The van der Waals surface area contributed by atoms with Crippen molar-refractivity contribution in [3.8, 4) is 0 Å². The van der Waals surface area contributed by atoms with E-state index in [1.807, 2.05) is 37.4 Å². The zero-order valence-corrected chi connectivity index (χ0v) is 13.0. The summed E-state index contributed by atoms with van der Waals surface area (Å²) in [5, 5.41) is 3.19. The Balaban J connectivity index is 2.22. The molecule has 2 rings (SSSR count). The van der Waals surface area contributed by atoms with Gasteiger partial charge < -0.3 is 4.90 Å². The van der Waals surface area contributed by atoms with Crippen molar-refractivity contribution >= 4 is 17.7 Å². The smallest absolute Gasteiger partial charge is 0.255 e. The molecule has 0 radical (unpaired) electrons. The fraction of sp³-hybridized carbons (Fsp3) is 0.533. The quantitative estimate of drug-likeness (QED) is 0.818. The van der Waals surface area contributed by atoms with Crippen LogP contribution in [-0.2, 0) is 4.79 Å². The van der Waals surface area contributed by atoms with Gasteiger partial charge in [0.1, 0.15) is 6.17 Å². The van der Waals surface area contributed by atoms with Gasteiger partial charge in [-0.3, -0.25) is 10.1 Å². The Labute approximate surface area is 128 Å². The molecular formula is C15H20F2N2OS. The van der Waals surface area contributed by atoms with Crippen molar-refractivity contribution < 1.29 is 13.6 Å². The largest absolute Gasteiger partial charge is 0.316 e. The first-order chi connectivity index (χ1) is 10.1. The minimum absolute atomic E-state index is 0.226. The van der Waals surface area contributed by atoms with E-state index < -0.39 is 19.1 Å². The number of thioether (sulfide) groups is 1. The normalized spacial score (nSPS) is 22.3. The molecule has 0 saturated carbocycles. The average Bonchev–Trinajstić information content (AvgIpc) is 2.77. The van der Waals surface area contributed by atoms with Crippen LogP contribution in [0.4, 0.5) is 8.78 Å². The van der Waals surface area contributed by atoms with Gasteiger partial charge in [0.2, 0.25) is 5.91 Å². The van der Waals surface area contributed by atoms with E-state index in [0.717, 1.165) is 16.9 Å². The molecule has 0 aromatic heterocycles. The zero-order valence-electron chi connectivity index (χ0n) is 12.2. The van der Waals surface area contributed by atoms with E-state index in [-0.39, 0.29) is 11.9 Å². The predicted molar refractivity (Wildman–Crippen MR) is 80.5 cm³/mol. The molecule has 1 saturated heterocycles. The highest BCUT2D eigenvalue weighted by molar-refractivity contribution is 7.98. The summed E-state index contributed by atoms with van der Waals surface area (Å²) in [5.74, 6) is -0.226. The first kappa shape index (κ1) is 16.2. The van der Waals surface area contributed by atoms with Gasteiger partial charge in [0, 0.05) is 4.90 Å². The number of halogens is 2. The van der Waals surface area contributed by atoms with E-state index in [0.29, 0.717) is 6.42 Å². The van der Waals surface area contributed by atoms with Crippen molar-refractivity contribution in [2.75, 3.05) is 12.8 Å². The molecule has 6 heteroatoms. The van der Waals surface area contributed by atoms with Crippen molar-refractivity contribution in [3.63, 3.8) is 0 Å². The van der Waals surface area contributed by atoms with Gasteiger partial charge in [0.25, 0.3) is 6.43 Å². The first-order valence-corrected chi connectivity index (χ1v) is 8.28. The summed E-state index contributed by atoms with van der Waals surface area (Å²) < 4.78 is 25.5. The second-order valence-electron chi connectivity index (χ2n) is 5.07. The van der Waals surface area contributed by atoms with E-state index in [1.54, 1.807) is 11.8 Å². The molecule has 1 amide bonds. The van der Waals surface area contributed by atoms with Gasteiger partial charge in [-0.15, -0.1) is 11.8 Å². The summed E-state index contributed by atoms with van der Waals surface area (Å²) in [6.07, 6.45) is 0.498. The molecule has 1 aliphatic rings. The number of benzene rings is 1. The van der Waals surface area contributed by atoms with Crippen LogP contribution in [0.1, 0.15) is 31.5 Å². The molecule has 0 aliphatic carbocycles. The number of carbonyl (C=O) groups is 1. The summed E-state index contributed by atoms with van der Waals surface area (Å²) in [6, 6.07) is 7.31. The molecule has 21 heavy (non-hydrogen) atoms. The molecule has 2 unspecified atom stereocenters. The van der Waals surface area contributed by atoms with Crippen LogP contribution >= 0.6 is 11.8 Å². The zero-order chi connectivity index (χ0) is 15.4. The van der Waals surface area contributed by atoms with Crippen LogP contribution in [-0.4, -0.2) is 36.1 Å². The second-order valence-corrected chi connectivity index (χ2v) is 5.94. The minimum Gasteiger partial charge on any atom is -0.316 e. The van der Waals surface area contributed by atoms with E-state index in [9.17, 15) is 13.6 Å². The molecule has 3 nitrogen and oxygen atoms in total. The van der Waals surface area contributed by atoms with Crippen molar-refractivity contribution in [2.24, 2.45) is 0 Å². The Kier molecular flexibility index (Phi) is 5.58. The highest BCUT2D eigenvalue weighted by atomic mass is 32.2. The number of rotatable bonds is 6.